The molecule has 0 aliphatic heterocycles. The standard InChI is InChI=1S/C9H6O6.Na.H/c10-7(11)4-2-1-3-5(8(12)13)6(4)9(14)15;;/h1-3H,(H,10,11)(H,12,13)(H,14,15);;. The number of carbonyl (C=O) groups is 3. The van der Waals surface area contributed by atoms with E-state index >= 15 is 0 Å². The molecule has 0 atom stereocenters. The predicted molar refractivity (Wildman–Crippen MR) is 54.5 cm³/mol. The van der Waals surface area contributed by atoms with Gasteiger partial charge in [-0.05, 0) is 12.1 Å². The molecule has 6 nitrogen and oxygen atoms in total. The van der Waals surface area contributed by atoms with Crippen molar-refractivity contribution in [2.24, 2.45) is 0 Å². The third-order valence-electron chi connectivity index (χ3n) is 1.74. The van der Waals surface area contributed by atoms with Gasteiger partial charge in [0.1, 0.15) is 0 Å². The fourth-order valence-corrected chi connectivity index (χ4v) is 1.14. The van der Waals surface area contributed by atoms with Gasteiger partial charge in [0.2, 0.25) is 0 Å². The average molecular weight is 234 g/mol. The Morgan fingerprint density at radius 1 is 0.812 bits per heavy atom. The van der Waals surface area contributed by atoms with Crippen LogP contribution in [0.25, 0.3) is 0 Å². The van der Waals surface area contributed by atoms with Crippen molar-refractivity contribution in [2.45, 2.75) is 0 Å². The van der Waals surface area contributed by atoms with Gasteiger partial charge in [0.05, 0.1) is 16.7 Å². The van der Waals surface area contributed by atoms with Crippen LogP contribution in [-0.4, -0.2) is 62.8 Å². The van der Waals surface area contributed by atoms with Crippen LogP contribution in [0.4, 0.5) is 0 Å². The third-order valence-corrected chi connectivity index (χ3v) is 1.74. The van der Waals surface area contributed by atoms with E-state index in [2.05, 4.69) is 0 Å². The summed E-state index contributed by atoms with van der Waals surface area (Å²) < 4.78 is 0. The second-order valence-electron chi connectivity index (χ2n) is 2.64. The summed E-state index contributed by atoms with van der Waals surface area (Å²) in [6.45, 7) is 0. The predicted octanol–water partition coefficient (Wildman–Crippen LogP) is 0.133. The fraction of sp³-hybridized carbons (Fsp3) is 0. The molecule has 0 heterocycles. The Bertz CT molecular complexity index is 421. The van der Waals surface area contributed by atoms with Gasteiger partial charge in [0.25, 0.3) is 0 Å². The van der Waals surface area contributed by atoms with Crippen LogP contribution in [0.1, 0.15) is 31.1 Å². The van der Waals surface area contributed by atoms with Crippen molar-refractivity contribution in [3.05, 3.63) is 34.9 Å². The van der Waals surface area contributed by atoms with E-state index in [0.29, 0.717) is 0 Å². The third kappa shape index (κ3) is 2.82. The Kier molecular flexibility index (Phi) is 5.16. The molecule has 3 N–H and O–H groups in total. The van der Waals surface area contributed by atoms with Gasteiger partial charge >= 0.3 is 47.5 Å². The van der Waals surface area contributed by atoms with E-state index in [1.54, 1.807) is 0 Å². The summed E-state index contributed by atoms with van der Waals surface area (Å²) in [4.78, 5) is 32.0. The van der Waals surface area contributed by atoms with E-state index in [-0.39, 0.29) is 29.6 Å². The summed E-state index contributed by atoms with van der Waals surface area (Å²) in [6, 6.07) is 3.26. The topological polar surface area (TPSA) is 112 Å². The van der Waals surface area contributed by atoms with Gasteiger partial charge in [0, 0.05) is 0 Å². The normalized spacial score (nSPS) is 9.00. The van der Waals surface area contributed by atoms with Crippen molar-refractivity contribution in [1.82, 2.24) is 0 Å². The van der Waals surface area contributed by atoms with Gasteiger partial charge in [0.15, 0.2) is 0 Å². The number of carboxylic acids is 3. The number of aromatic carboxylic acids is 3. The molecule has 0 aliphatic rings. The van der Waals surface area contributed by atoms with Crippen LogP contribution in [-0.2, 0) is 0 Å². The van der Waals surface area contributed by atoms with Crippen molar-refractivity contribution >= 4 is 47.5 Å². The molecular formula is C9H7NaO6. The molecule has 0 aromatic heterocycles. The fourth-order valence-electron chi connectivity index (χ4n) is 1.14. The van der Waals surface area contributed by atoms with E-state index in [9.17, 15) is 14.4 Å². The molecule has 0 unspecified atom stereocenters. The maximum absolute atomic E-state index is 10.7. The molecule has 0 fully saturated rings. The Balaban J connectivity index is 0.00000225. The Hall–Kier alpha value is -1.37. The number of benzene rings is 1. The Morgan fingerprint density at radius 2 is 1.19 bits per heavy atom. The first kappa shape index (κ1) is 14.6. The van der Waals surface area contributed by atoms with Gasteiger partial charge in [-0.25, -0.2) is 14.4 Å². The minimum absolute atomic E-state index is 0. The monoisotopic (exact) mass is 234 g/mol. The van der Waals surface area contributed by atoms with E-state index in [4.69, 9.17) is 15.3 Å². The second kappa shape index (κ2) is 5.64. The molecule has 80 valence electrons. The number of carboxylic acid groups (broad SMARTS) is 3. The Morgan fingerprint density at radius 3 is 1.44 bits per heavy atom. The molecule has 1 aromatic carbocycles. The molecular weight excluding hydrogens is 227 g/mol. The first-order valence-corrected chi connectivity index (χ1v) is 3.78. The van der Waals surface area contributed by atoms with Crippen molar-refractivity contribution in [2.75, 3.05) is 0 Å². The number of hydrogen-bond acceptors (Lipinski definition) is 3. The zero-order valence-electron chi connectivity index (χ0n) is 7.30. The summed E-state index contributed by atoms with van der Waals surface area (Å²) >= 11 is 0. The molecule has 0 saturated carbocycles. The minimum atomic E-state index is -1.58. The van der Waals surface area contributed by atoms with Gasteiger partial charge in [-0.15, -0.1) is 0 Å². The van der Waals surface area contributed by atoms with Crippen molar-refractivity contribution in [3.8, 4) is 0 Å². The summed E-state index contributed by atoms with van der Waals surface area (Å²) in [5.41, 5.74) is -1.79. The Labute approximate surface area is 112 Å². The SMILES string of the molecule is O=C(O)c1cccc(C(=O)O)c1C(=O)O.[NaH]. The van der Waals surface area contributed by atoms with E-state index in [1.807, 2.05) is 0 Å². The zero-order valence-corrected chi connectivity index (χ0v) is 7.30. The van der Waals surface area contributed by atoms with Crippen LogP contribution in [0.2, 0.25) is 0 Å². The van der Waals surface area contributed by atoms with E-state index in [0.717, 1.165) is 12.1 Å². The van der Waals surface area contributed by atoms with Gasteiger partial charge in [-0.1, -0.05) is 6.07 Å². The maximum atomic E-state index is 10.7. The number of hydrogen-bond donors (Lipinski definition) is 3. The van der Waals surface area contributed by atoms with Crippen LogP contribution in [0.5, 0.6) is 0 Å². The van der Waals surface area contributed by atoms with Crippen LogP contribution in [0.3, 0.4) is 0 Å². The first-order chi connectivity index (χ1) is 6.95. The first-order valence-electron chi connectivity index (χ1n) is 3.78. The molecule has 1 aromatic rings. The van der Waals surface area contributed by atoms with Gasteiger partial charge < -0.3 is 15.3 Å². The van der Waals surface area contributed by atoms with Crippen LogP contribution < -0.4 is 0 Å². The molecule has 16 heavy (non-hydrogen) atoms. The second-order valence-corrected chi connectivity index (χ2v) is 2.64. The molecule has 0 radical (unpaired) electrons. The van der Waals surface area contributed by atoms with Crippen LogP contribution in [0, 0.1) is 0 Å². The quantitative estimate of drug-likeness (QED) is 0.641. The van der Waals surface area contributed by atoms with Crippen molar-refractivity contribution in [1.29, 1.82) is 0 Å². The van der Waals surface area contributed by atoms with Crippen LogP contribution >= 0.6 is 0 Å². The van der Waals surface area contributed by atoms with Crippen molar-refractivity contribution in [3.63, 3.8) is 0 Å². The molecule has 0 amide bonds. The molecule has 1 rings (SSSR count). The molecule has 0 saturated heterocycles. The molecule has 7 heteroatoms. The number of rotatable bonds is 3. The van der Waals surface area contributed by atoms with Gasteiger partial charge in [-0.3, -0.25) is 0 Å². The molecule has 0 bridgehead atoms. The summed E-state index contributed by atoms with van der Waals surface area (Å²) in [6.07, 6.45) is 0. The van der Waals surface area contributed by atoms with Gasteiger partial charge in [-0.2, -0.15) is 0 Å². The van der Waals surface area contributed by atoms with E-state index < -0.39 is 34.6 Å². The van der Waals surface area contributed by atoms with Crippen LogP contribution in [0.15, 0.2) is 18.2 Å². The average Bonchev–Trinajstić information content (AvgIpc) is 2.16. The summed E-state index contributed by atoms with van der Waals surface area (Å²) in [5, 5.41) is 26.0. The molecule has 0 spiro atoms. The van der Waals surface area contributed by atoms with E-state index in [1.165, 1.54) is 6.07 Å². The van der Waals surface area contributed by atoms with Crippen molar-refractivity contribution < 1.29 is 29.7 Å². The zero-order chi connectivity index (χ0) is 11.6. The summed E-state index contributed by atoms with van der Waals surface area (Å²) in [5.74, 6) is -4.53. The summed E-state index contributed by atoms with van der Waals surface area (Å²) in [7, 11) is 0. The molecule has 0 aliphatic carbocycles.